The molecule has 1 unspecified atom stereocenters. The summed E-state index contributed by atoms with van der Waals surface area (Å²) in [4.78, 5) is 0. The molecule has 0 aliphatic rings. The molecule has 0 bridgehead atoms. The molecule has 0 spiro atoms. The van der Waals surface area contributed by atoms with Gasteiger partial charge in [-0.05, 0) is 30.5 Å². The average molecular weight is 376 g/mol. The summed E-state index contributed by atoms with van der Waals surface area (Å²) in [6.45, 7) is 4.82. The van der Waals surface area contributed by atoms with Gasteiger partial charge >= 0.3 is 18.0 Å². The van der Waals surface area contributed by atoms with Crippen molar-refractivity contribution in [1.82, 2.24) is 0 Å². The van der Waals surface area contributed by atoms with E-state index >= 15 is 0 Å². The standard InChI is InChI=1S/C16H19F7O2/c1-10(2)8-25-12-6-4-11(5-7-12)13(3,24)9-14(17,15(18,19)20)16(21,22)23/h4-7,10,24H,8-9H2,1-3H3. The van der Waals surface area contributed by atoms with Gasteiger partial charge in [0.15, 0.2) is 0 Å². The molecule has 0 aliphatic heterocycles. The smallest absolute Gasteiger partial charge is 0.431 e. The molecule has 1 atom stereocenters. The van der Waals surface area contributed by atoms with Crippen molar-refractivity contribution in [2.24, 2.45) is 5.92 Å². The first kappa shape index (κ1) is 21.5. The minimum absolute atomic E-state index is 0.202. The van der Waals surface area contributed by atoms with Crippen LogP contribution in [0.15, 0.2) is 24.3 Å². The van der Waals surface area contributed by atoms with Gasteiger partial charge in [-0.2, -0.15) is 26.3 Å². The number of alkyl halides is 7. The van der Waals surface area contributed by atoms with Crippen LogP contribution in [0.2, 0.25) is 0 Å². The highest BCUT2D eigenvalue weighted by molar-refractivity contribution is 5.31. The van der Waals surface area contributed by atoms with Crippen molar-refractivity contribution in [1.29, 1.82) is 0 Å². The third kappa shape index (κ3) is 4.99. The SMILES string of the molecule is CC(C)COc1ccc(C(C)(O)CC(F)(C(F)(F)F)C(F)(F)F)cc1. The number of ether oxygens (including phenoxy) is 1. The Morgan fingerprint density at radius 2 is 1.36 bits per heavy atom. The van der Waals surface area contributed by atoms with Crippen molar-refractivity contribution < 1.29 is 40.6 Å². The van der Waals surface area contributed by atoms with Gasteiger partial charge in [-0.1, -0.05) is 26.0 Å². The van der Waals surface area contributed by atoms with Gasteiger partial charge in [0, 0.05) is 6.42 Å². The Morgan fingerprint density at radius 1 is 0.920 bits per heavy atom. The van der Waals surface area contributed by atoms with E-state index in [0.29, 0.717) is 19.3 Å². The third-order valence-corrected chi connectivity index (χ3v) is 3.55. The molecule has 0 amide bonds. The largest absolute Gasteiger partial charge is 0.493 e. The summed E-state index contributed by atoms with van der Waals surface area (Å²) >= 11 is 0. The molecule has 0 aromatic heterocycles. The van der Waals surface area contributed by atoms with Crippen LogP contribution in [-0.2, 0) is 5.60 Å². The van der Waals surface area contributed by atoms with Crippen LogP contribution < -0.4 is 4.74 Å². The summed E-state index contributed by atoms with van der Waals surface area (Å²) in [7, 11) is 0. The third-order valence-electron chi connectivity index (χ3n) is 3.55. The van der Waals surface area contributed by atoms with E-state index in [4.69, 9.17) is 4.74 Å². The van der Waals surface area contributed by atoms with Crippen LogP contribution in [0.3, 0.4) is 0 Å². The number of hydrogen-bond donors (Lipinski definition) is 1. The minimum Gasteiger partial charge on any atom is -0.493 e. The zero-order valence-electron chi connectivity index (χ0n) is 13.8. The van der Waals surface area contributed by atoms with Crippen LogP contribution in [0.1, 0.15) is 32.8 Å². The maximum Gasteiger partial charge on any atom is 0.431 e. The van der Waals surface area contributed by atoms with E-state index in [9.17, 15) is 35.8 Å². The molecule has 1 aromatic rings. The van der Waals surface area contributed by atoms with Crippen LogP contribution in [0.5, 0.6) is 5.75 Å². The lowest BCUT2D eigenvalue weighted by molar-refractivity contribution is -0.352. The monoisotopic (exact) mass is 376 g/mol. The maximum absolute atomic E-state index is 13.8. The molecule has 0 radical (unpaired) electrons. The van der Waals surface area contributed by atoms with Crippen molar-refractivity contribution in [3.8, 4) is 5.75 Å². The zero-order valence-corrected chi connectivity index (χ0v) is 13.8. The van der Waals surface area contributed by atoms with Crippen molar-refractivity contribution in [3.05, 3.63) is 29.8 Å². The molecule has 0 heterocycles. The van der Waals surface area contributed by atoms with Gasteiger partial charge in [0.2, 0.25) is 0 Å². The fourth-order valence-electron chi connectivity index (χ4n) is 2.11. The molecule has 1 aromatic carbocycles. The molecule has 2 nitrogen and oxygen atoms in total. The summed E-state index contributed by atoms with van der Waals surface area (Å²) in [6, 6.07) is 4.77. The summed E-state index contributed by atoms with van der Waals surface area (Å²) in [5.74, 6) is 0.528. The van der Waals surface area contributed by atoms with E-state index in [1.54, 1.807) is 0 Å². The molecule has 25 heavy (non-hydrogen) atoms. The molecule has 1 N–H and O–H groups in total. The summed E-state index contributed by atoms with van der Waals surface area (Å²) in [5.41, 5.74) is -8.52. The Kier molecular flexibility index (Phi) is 6.04. The van der Waals surface area contributed by atoms with Gasteiger partial charge in [-0.25, -0.2) is 4.39 Å². The van der Waals surface area contributed by atoms with Crippen molar-refractivity contribution in [3.63, 3.8) is 0 Å². The zero-order chi connectivity index (χ0) is 19.7. The molecule has 9 heteroatoms. The lowest BCUT2D eigenvalue weighted by atomic mass is 9.83. The Balaban J connectivity index is 3.07. The van der Waals surface area contributed by atoms with Crippen LogP contribution in [-0.4, -0.2) is 29.7 Å². The fourth-order valence-corrected chi connectivity index (χ4v) is 2.11. The predicted octanol–water partition coefficient (Wildman–Crippen LogP) is 5.15. The fraction of sp³-hybridized carbons (Fsp3) is 0.625. The van der Waals surface area contributed by atoms with Crippen LogP contribution in [0.25, 0.3) is 0 Å². The number of aliphatic hydroxyl groups is 1. The number of hydrogen-bond acceptors (Lipinski definition) is 2. The second kappa shape index (κ2) is 7.01. The second-order valence-corrected chi connectivity index (χ2v) is 6.48. The number of rotatable bonds is 6. The molecule has 0 saturated heterocycles. The van der Waals surface area contributed by atoms with Gasteiger partial charge in [0.1, 0.15) is 5.75 Å². The van der Waals surface area contributed by atoms with E-state index in [0.717, 1.165) is 12.1 Å². The van der Waals surface area contributed by atoms with Crippen molar-refractivity contribution >= 4 is 0 Å². The average Bonchev–Trinajstić information content (AvgIpc) is 2.42. The van der Waals surface area contributed by atoms with E-state index in [-0.39, 0.29) is 11.5 Å². The van der Waals surface area contributed by atoms with E-state index in [1.165, 1.54) is 12.1 Å². The molecular weight excluding hydrogens is 357 g/mol. The molecule has 1 rings (SSSR count). The number of halogens is 7. The minimum atomic E-state index is -6.21. The first-order valence-corrected chi connectivity index (χ1v) is 7.38. The lowest BCUT2D eigenvalue weighted by Crippen LogP contribution is -2.56. The van der Waals surface area contributed by atoms with Gasteiger partial charge in [0.25, 0.3) is 0 Å². The highest BCUT2D eigenvalue weighted by Gasteiger charge is 2.73. The topological polar surface area (TPSA) is 29.5 Å². The normalized spacial score (nSPS) is 16.0. The molecule has 0 aliphatic carbocycles. The number of benzene rings is 1. The first-order chi connectivity index (χ1) is 11.1. The molecule has 0 saturated carbocycles. The van der Waals surface area contributed by atoms with Crippen molar-refractivity contribution in [2.75, 3.05) is 6.61 Å². The van der Waals surface area contributed by atoms with Crippen molar-refractivity contribution in [2.45, 2.75) is 50.8 Å². The van der Waals surface area contributed by atoms with Gasteiger partial charge in [0.05, 0.1) is 12.2 Å². The highest BCUT2D eigenvalue weighted by atomic mass is 19.4. The summed E-state index contributed by atoms with van der Waals surface area (Å²) in [5, 5.41) is 10.1. The molecular formula is C16H19F7O2. The Bertz CT molecular complexity index is 545. The van der Waals surface area contributed by atoms with Gasteiger partial charge in [-0.3, -0.25) is 0 Å². The van der Waals surface area contributed by atoms with E-state index < -0.39 is 30.0 Å². The predicted molar refractivity (Wildman–Crippen MR) is 76.9 cm³/mol. The first-order valence-electron chi connectivity index (χ1n) is 7.38. The van der Waals surface area contributed by atoms with Gasteiger partial charge in [-0.15, -0.1) is 0 Å². The van der Waals surface area contributed by atoms with E-state index in [2.05, 4.69) is 0 Å². The van der Waals surface area contributed by atoms with Crippen LogP contribution >= 0.6 is 0 Å². The van der Waals surface area contributed by atoms with Crippen LogP contribution in [0.4, 0.5) is 30.7 Å². The molecule has 144 valence electrons. The van der Waals surface area contributed by atoms with E-state index in [1.807, 2.05) is 13.8 Å². The highest BCUT2D eigenvalue weighted by Crippen LogP contribution is 2.51. The Morgan fingerprint density at radius 3 is 1.72 bits per heavy atom. The van der Waals surface area contributed by atoms with Gasteiger partial charge < -0.3 is 9.84 Å². The lowest BCUT2D eigenvalue weighted by Gasteiger charge is -2.36. The Hall–Kier alpha value is -1.51. The Labute approximate surface area is 140 Å². The maximum atomic E-state index is 13.8. The quantitative estimate of drug-likeness (QED) is 0.696. The summed E-state index contributed by atoms with van der Waals surface area (Å²) in [6.07, 6.45) is -14.6. The molecule has 0 fully saturated rings. The van der Waals surface area contributed by atoms with Crippen LogP contribution in [0, 0.1) is 5.92 Å². The second-order valence-electron chi connectivity index (χ2n) is 6.48. The summed E-state index contributed by atoms with van der Waals surface area (Å²) < 4.78 is 95.1.